The number of piperazine rings is 1. The molecule has 2 saturated heterocycles. The van der Waals surface area contributed by atoms with E-state index in [-0.39, 0.29) is 17.0 Å². The molecule has 4 rings (SSSR count). The summed E-state index contributed by atoms with van der Waals surface area (Å²) in [5.74, 6) is 0.614. The molecule has 7 nitrogen and oxygen atoms in total. The van der Waals surface area contributed by atoms with Crippen molar-refractivity contribution in [2.45, 2.75) is 33.9 Å². The maximum absolute atomic E-state index is 13.4. The van der Waals surface area contributed by atoms with Crippen LogP contribution >= 0.6 is 24.0 Å². The SMILES string of the molecule is CCn1c(N2CCN(C)CC2)c(/C=C2\SC(=S)N(Cc3ccc(C)cc3)C2=O)c(C)c(C#N)c1=O. The summed E-state index contributed by atoms with van der Waals surface area (Å²) >= 11 is 6.83. The molecule has 1 aromatic heterocycles. The van der Waals surface area contributed by atoms with E-state index in [2.05, 4.69) is 22.9 Å². The molecule has 0 radical (unpaired) electrons. The quantitative estimate of drug-likeness (QED) is 0.453. The van der Waals surface area contributed by atoms with E-state index in [0.29, 0.717) is 27.9 Å². The average Bonchev–Trinajstić information content (AvgIpc) is 3.10. The molecule has 1 aromatic carbocycles. The van der Waals surface area contributed by atoms with Crippen LogP contribution in [0, 0.1) is 25.2 Å². The van der Waals surface area contributed by atoms with Gasteiger partial charge in [0.2, 0.25) is 0 Å². The van der Waals surface area contributed by atoms with E-state index in [4.69, 9.17) is 12.2 Å². The molecule has 0 unspecified atom stereocenters. The Morgan fingerprint density at radius 2 is 1.77 bits per heavy atom. The third-order valence-electron chi connectivity index (χ3n) is 6.58. The number of carbonyl (C=O) groups is 1. The zero-order valence-corrected chi connectivity index (χ0v) is 22.1. The zero-order chi connectivity index (χ0) is 25.3. The molecule has 2 aliphatic heterocycles. The number of nitriles is 1. The van der Waals surface area contributed by atoms with Crippen molar-refractivity contribution in [1.82, 2.24) is 14.4 Å². The lowest BCUT2D eigenvalue weighted by atomic mass is 10.0. The Morgan fingerprint density at radius 1 is 1.11 bits per heavy atom. The first kappa shape index (κ1) is 25.2. The van der Waals surface area contributed by atoms with Gasteiger partial charge in [0, 0.05) is 38.3 Å². The fraction of sp³-hybridized carbons (Fsp3) is 0.385. The molecule has 0 spiro atoms. The molecule has 1 amide bonds. The van der Waals surface area contributed by atoms with Crippen LogP contribution in [0.2, 0.25) is 0 Å². The fourth-order valence-electron chi connectivity index (χ4n) is 4.44. The molecule has 2 aromatic rings. The van der Waals surface area contributed by atoms with Gasteiger partial charge in [0.05, 0.1) is 11.4 Å². The number of thiocarbonyl (C=S) groups is 1. The number of likely N-dealkylation sites (N-methyl/N-ethyl adjacent to an activating group) is 1. The number of amides is 1. The standard InChI is InChI=1S/C26H29N5O2S2/c1-5-30-23(29-12-10-28(4)11-13-29)20(18(3)21(15-27)24(30)32)14-22-25(33)31(26(34)35-22)16-19-8-6-17(2)7-9-19/h6-9,14H,5,10-13,16H2,1-4H3/b22-14-. The number of rotatable bonds is 5. The first-order valence-corrected chi connectivity index (χ1v) is 12.9. The number of thioether (sulfide) groups is 1. The normalized spacial score (nSPS) is 18.0. The van der Waals surface area contributed by atoms with Gasteiger partial charge in [-0.1, -0.05) is 53.8 Å². The van der Waals surface area contributed by atoms with Gasteiger partial charge in [-0.05, 0) is 45.0 Å². The number of carbonyl (C=O) groups excluding carboxylic acids is 1. The lowest BCUT2D eigenvalue weighted by molar-refractivity contribution is -0.122. The molecule has 35 heavy (non-hydrogen) atoms. The van der Waals surface area contributed by atoms with Gasteiger partial charge in [-0.2, -0.15) is 5.26 Å². The molecular weight excluding hydrogens is 478 g/mol. The van der Waals surface area contributed by atoms with Crippen LogP contribution in [-0.4, -0.2) is 57.8 Å². The van der Waals surface area contributed by atoms with Crippen molar-refractivity contribution in [2.24, 2.45) is 0 Å². The summed E-state index contributed by atoms with van der Waals surface area (Å²) in [7, 11) is 2.08. The summed E-state index contributed by atoms with van der Waals surface area (Å²) in [4.78, 5) is 33.1. The molecule has 2 aliphatic rings. The van der Waals surface area contributed by atoms with Gasteiger partial charge in [0.15, 0.2) is 0 Å². The third-order valence-corrected chi connectivity index (χ3v) is 7.95. The number of hydrogen-bond donors (Lipinski definition) is 0. The van der Waals surface area contributed by atoms with Crippen molar-refractivity contribution in [3.05, 3.63) is 67.3 Å². The summed E-state index contributed by atoms with van der Waals surface area (Å²) in [6.07, 6.45) is 1.82. The third kappa shape index (κ3) is 4.92. The van der Waals surface area contributed by atoms with E-state index in [1.807, 2.05) is 44.2 Å². The van der Waals surface area contributed by atoms with Crippen LogP contribution in [0.5, 0.6) is 0 Å². The first-order valence-electron chi connectivity index (χ1n) is 11.7. The molecule has 0 bridgehead atoms. The molecule has 0 aliphatic carbocycles. The van der Waals surface area contributed by atoms with Crippen molar-refractivity contribution >= 4 is 46.1 Å². The van der Waals surface area contributed by atoms with Crippen molar-refractivity contribution in [3.8, 4) is 6.07 Å². The van der Waals surface area contributed by atoms with Gasteiger partial charge in [-0.15, -0.1) is 0 Å². The van der Waals surface area contributed by atoms with Gasteiger partial charge in [0.25, 0.3) is 11.5 Å². The summed E-state index contributed by atoms with van der Waals surface area (Å²) < 4.78 is 2.17. The maximum atomic E-state index is 13.4. The fourth-order valence-corrected chi connectivity index (χ4v) is 5.68. The number of nitrogens with zero attached hydrogens (tertiary/aromatic N) is 5. The Kier molecular flexibility index (Phi) is 7.45. The highest BCUT2D eigenvalue weighted by molar-refractivity contribution is 8.26. The summed E-state index contributed by atoms with van der Waals surface area (Å²) in [6, 6.07) is 10.1. The van der Waals surface area contributed by atoms with E-state index in [0.717, 1.165) is 48.7 Å². The van der Waals surface area contributed by atoms with Gasteiger partial charge in [0.1, 0.15) is 21.8 Å². The minimum atomic E-state index is -0.287. The lowest BCUT2D eigenvalue weighted by Gasteiger charge is -2.36. The van der Waals surface area contributed by atoms with Crippen molar-refractivity contribution in [2.75, 3.05) is 38.1 Å². The molecule has 0 saturated carbocycles. The lowest BCUT2D eigenvalue weighted by Crippen LogP contribution is -2.47. The Morgan fingerprint density at radius 3 is 2.37 bits per heavy atom. The predicted molar refractivity (Wildman–Crippen MR) is 145 cm³/mol. The summed E-state index contributed by atoms with van der Waals surface area (Å²) in [5.41, 5.74) is 3.33. The maximum Gasteiger partial charge on any atom is 0.270 e. The first-order chi connectivity index (χ1) is 16.7. The second-order valence-electron chi connectivity index (χ2n) is 8.94. The van der Waals surface area contributed by atoms with Crippen LogP contribution in [0.25, 0.3) is 6.08 Å². The number of anilines is 1. The van der Waals surface area contributed by atoms with Crippen LogP contribution in [0.15, 0.2) is 34.0 Å². The predicted octanol–water partition coefficient (Wildman–Crippen LogP) is 3.51. The molecule has 182 valence electrons. The second kappa shape index (κ2) is 10.4. The zero-order valence-electron chi connectivity index (χ0n) is 20.5. The molecule has 9 heteroatoms. The van der Waals surface area contributed by atoms with Gasteiger partial charge >= 0.3 is 0 Å². The molecule has 2 fully saturated rings. The highest BCUT2D eigenvalue weighted by atomic mass is 32.2. The van der Waals surface area contributed by atoms with Gasteiger partial charge in [-0.25, -0.2) is 0 Å². The summed E-state index contributed by atoms with van der Waals surface area (Å²) in [5, 5.41) is 9.75. The number of benzene rings is 1. The van der Waals surface area contributed by atoms with E-state index < -0.39 is 0 Å². The Labute approximate surface area is 215 Å². The van der Waals surface area contributed by atoms with E-state index in [1.54, 1.807) is 16.4 Å². The molecule has 3 heterocycles. The highest BCUT2D eigenvalue weighted by Crippen LogP contribution is 2.36. The minimum absolute atomic E-state index is 0.117. The van der Waals surface area contributed by atoms with Crippen LogP contribution in [-0.2, 0) is 17.9 Å². The minimum Gasteiger partial charge on any atom is -0.355 e. The molecular formula is C26H29N5O2S2. The van der Waals surface area contributed by atoms with Crippen LogP contribution < -0.4 is 10.5 Å². The van der Waals surface area contributed by atoms with Gasteiger partial charge in [-0.3, -0.25) is 19.1 Å². The van der Waals surface area contributed by atoms with Crippen LogP contribution in [0.3, 0.4) is 0 Å². The highest BCUT2D eigenvalue weighted by Gasteiger charge is 2.33. The summed E-state index contributed by atoms with van der Waals surface area (Å²) in [6.45, 7) is 9.82. The monoisotopic (exact) mass is 507 g/mol. The number of hydrogen-bond acceptors (Lipinski definition) is 7. The second-order valence-corrected chi connectivity index (χ2v) is 10.6. The number of aryl methyl sites for hydroxylation is 1. The van der Waals surface area contributed by atoms with E-state index >= 15 is 0 Å². The van der Waals surface area contributed by atoms with Crippen molar-refractivity contribution < 1.29 is 4.79 Å². The Hall–Kier alpha value is -2.93. The molecule has 0 N–H and O–H groups in total. The largest absolute Gasteiger partial charge is 0.355 e. The Balaban J connectivity index is 1.78. The number of aromatic nitrogens is 1. The average molecular weight is 508 g/mol. The van der Waals surface area contributed by atoms with E-state index in [1.165, 1.54) is 11.8 Å². The molecule has 0 atom stereocenters. The van der Waals surface area contributed by atoms with E-state index in [9.17, 15) is 14.9 Å². The van der Waals surface area contributed by atoms with Crippen LogP contribution in [0.4, 0.5) is 5.82 Å². The topological polar surface area (TPSA) is 72.6 Å². The van der Waals surface area contributed by atoms with Gasteiger partial charge < -0.3 is 9.80 Å². The van der Waals surface area contributed by atoms with Crippen molar-refractivity contribution in [3.63, 3.8) is 0 Å². The smallest absolute Gasteiger partial charge is 0.270 e. The van der Waals surface area contributed by atoms with Crippen LogP contribution in [0.1, 0.15) is 34.7 Å². The Bertz CT molecular complexity index is 1300. The van der Waals surface area contributed by atoms with Crippen molar-refractivity contribution in [1.29, 1.82) is 5.26 Å². The number of pyridine rings is 1.